The van der Waals surface area contributed by atoms with Gasteiger partial charge in [-0.15, -0.1) is 23.1 Å². The number of H-pyrrole nitrogens is 1. The molecule has 6 nitrogen and oxygen atoms in total. The van der Waals surface area contributed by atoms with Gasteiger partial charge in [-0.3, -0.25) is 4.79 Å². The zero-order valence-corrected chi connectivity index (χ0v) is 17.8. The second kappa shape index (κ2) is 8.79. The zero-order valence-electron chi connectivity index (χ0n) is 16.2. The fraction of sp³-hybridized carbons (Fsp3) is 0.350. The molecule has 0 radical (unpaired) electrons. The van der Waals surface area contributed by atoms with Gasteiger partial charge in [0, 0.05) is 5.75 Å². The van der Waals surface area contributed by atoms with E-state index in [9.17, 15) is 9.59 Å². The lowest BCUT2D eigenvalue weighted by Gasteiger charge is -2.11. The minimum absolute atomic E-state index is 0.0169. The average Bonchev–Trinajstić information content (AvgIpc) is 3.03. The van der Waals surface area contributed by atoms with E-state index in [0.29, 0.717) is 33.1 Å². The molecular formula is C20H22N2O4S2. The van der Waals surface area contributed by atoms with E-state index in [-0.39, 0.29) is 10.8 Å². The van der Waals surface area contributed by atoms with Gasteiger partial charge in [0.1, 0.15) is 21.3 Å². The Morgan fingerprint density at radius 2 is 2.18 bits per heavy atom. The van der Waals surface area contributed by atoms with Gasteiger partial charge in [0.25, 0.3) is 5.56 Å². The van der Waals surface area contributed by atoms with Crippen LogP contribution in [-0.2, 0) is 10.5 Å². The van der Waals surface area contributed by atoms with Crippen molar-refractivity contribution in [3.05, 3.63) is 56.4 Å². The normalized spacial score (nSPS) is 12.1. The Morgan fingerprint density at radius 3 is 2.89 bits per heavy atom. The third kappa shape index (κ3) is 4.23. The van der Waals surface area contributed by atoms with E-state index < -0.39 is 5.97 Å². The number of nitrogens with one attached hydrogen (secondary N) is 1. The molecule has 8 heteroatoms. The first kappa shape index (κ1) is 20.4. The van der Waals surface area contributed by atoms with Crippen LogP contribution in [0.1, 0.15) is 45.7 Å². The summed E-state index contributed by atoms with van der Waals surface area (Å²) in [7, 11) is 1.65. The number of rotatable bonds is 7. The van der Waals surface area contributed by atoms with Crippen molar-refractivity contribution in [2.45, 2.75) is 31.8 Å². The van der Waals surface area contributed by atoms with E-state index in [1.165, 1.54) is 11.3 Å². The predicted octanol–water partition coefficient (Wildman–Crippen LogP) is 4.47. The van der Waals surface area contributed by atoms with E-state index in [2.05, 4.69) is 9.97 Å². The molecule has 148 valence electrons. The maximum atomic E-state index is 12.6. The fourth-order valence-electron chi connectivity index (χ4n) is 2.81. The van der Waals surface area contributed by atoms with Crippen LogP contribution in [0.15, 0.2) is 29.1 Å². The Labute approximate surface area is 171 Å². The molecular weight excluding hydrogens is 396 g/mol. The molecule has 1 atom stereocenters. The highest BCUT2D eigenvalue weighted by atomic mass is 32.2. The Bertz CT molecular complexity index is 1060. The molecule has 0 saturated heterocycles. The number of aromatic nitrogens is 2. The first-order valence-corrected chi connectivity index (χ1v) is 10.8. The van der Waals surface area contributed by atoms with Crippen molar-refractivity contribution < 1.29 is 14.3 Å². The van der Waals surface area contributed by atoms with Crippen molar-refractivity contribution in [3.63, 3.8) is 0 Å². The number of benzene rings is 1. The van der Waals surface area contributed by atoms with Crippen LogP contribution in [0, 0.1) is 6.92 Å². The highest BCUT2D eigenvalue weighted by Crippen LogP contribution is 2.32. The summed E-state index contributed by atoms with van der Waals surface area (Å²) in [5.74, 6) is 1.77. The number of thiophene rings is 1. The summed E-state index contributed by atoms with van der Waals surface area (Å²) in [6.45, 7) is 5.80. The molecule has 0 aliphatic heterocycles. The third-order valence-electron chi connectivity index (χ3n) is 4.30. The molecule has 0 unspecified atom stereocenters. The van der Waals surface area contributed by atoms with Gasteiger partial charge in [-0.1, -0.05) is 12.1 Å². The van der Waals surface area contributed by atoms with Crippen molar-refractivity contribution in [2.75, 3.05) is 13.7 Å². The molecule has 2 aromatic heterocycles. The van der Waals surface area contributed by atoms with Gasteiger partial charge in [0.2, 0.25) is 0 Å². The summed E-state index contributed by atoms with van der Waals surface area (Å²) >= 11 is 2.87. The van der Waals surface area contributed by atoms with E-state index in [0.717, 1.165) is 17.1 Å². The molecule has 28 heavy (non-hydrogen) atoms. The summed E-state index contributed by atoms with van der Waals surface area (Å²) in [6.07, 6.45) is 0. The van der Waals surface area contributed by atoms with Gasteiger partial charge < -0.3 is 14.5 Å². The molecule has 2 heterocycles. The lowest BCUT2D eigenvalue weighted by atomic mass is 10.2. The van der Waals surface area contributed by atoms with E-state index >= 15 is 0 Å². The standard InChI is InChI=1S/C20H22N2O4S2/c1-5-26-20(24)16-11(2)15-18(23)21-17(22-19(15)28-16)12(3)27-10-13-7-6-8-14(9-13)25-4/h6-9,12H,5,10H2,1-4H3,(H,21,22,23)/t12-/m0/s1. The average molecular weight is 419 g/mol. The number of aryl methyl sites for hydroxylation is 1. The molecule has 1 N–H and O–H groups in total. The Morgan fingerprint density at radius 1 is 1.39 bits per heavy atom. The van der Waals surface area contributed by atoms with E-state index in [4.69, 9.17) is 9.47 Å². The van der Waals surface area contributed by atoms with Crippen molar-refractivity contribution in [1.82, 2.24) is 9.97 Å². The van der Waals surface area contributed by atoms with Gasteiger partial charge in [0.05, 0.1) is 24.4 Å². The van der Waals surface area contributed by atoms with Crippen LogP contribution in [0.2, 0.25) is 0 Å². The number of carbonyl (C=O) groups is 1. The molecule has 3 rings (SSSR count). The predicted molar refractivity (Wildman–Crippen MR) is 114 cm³/mol. The number of aromatic amines is 1. The molecule has 0 fully saturated rings. The lowest BCUT2D eigenvalue weighted by Crippen LogP contribution is -2.13. The number of fused-ring (bicyclic) bond motifs is 1. The first-order chi connectivity index (χ1) is 13.4. The van der Waals surface area contributed by atoms with Gasteiger partial charge in [-0.05, 0) is 44.0 Å². The van der Waals surface area contributed by atoms with E-state index in [1.54, 1.807) is 32.7 Å². The molecule has 0 amide bonds. The van der Waals surface area contributed by atoms with Crippen LogP contribution in [0.5, 0.6) is 5.75 Å². The lowest BCUT2D eigenvalue weighted by molar-refractivity contribution is 0.0531. The smallest absolute Gasteiger partial charge is 0.348 e. The number of thioether (sulfide) groups is 1. The van der Waals surface area contributed by atoms with Crippen LogP contribution in [0.3, 0.4) is 0 Å². The second-order valence-corrected chi connectivity index (χ2v) is 8.54. The van der Waals surface area contributed by atoms with Gasteiger partial charge in [-0.2, -0.15) is 0 Å². The Balaban J connectivity index is 1.84. The monoisotopic (exact) mass is 418 g/mol. The minimum Gasteiger partial charge on any atom is -0.497 e. The van der Waals surface area contributed by atoms with Gasteiger partial charge in [-0.25, -0.2) is 9.78 Å². The number of nitrogens with zero attached hydrogens (tertiary/aromatic N) is 1. The Hall–Kier alpha value is -2.32. The first-order valence-electron chi connectivity index (χ1n) is 8.89. The number of methoxy groups -OCH3 is 1. The highest BCUT2D eigenvalue weighted by molar-refractivity contribution is 7.98. The van der Waals surface area contributed by atoms with E-state index in [1.807, 2.05) is 31.2 Å². The molecule has 0 aliphatic rings. The van der Waals surface area contributed by atoms with Crippen LogP contribution in [0.4, 0.5) is 0 Å². The summed E-state index contributed by atoms with van der Waals surface area (Å²) < 4.78 is 10.3. The summed E-state index contributed by atoms with van der Waals surface area (Å²) in [4.78, 5) is 33.2. The third-order valence-corrected chi connectivity index (χ3v) is 6.69. The number of hydrogen-bond donors (Lipinski definition) is 1. The van der Waals surface area contributed by atoms with Crippen LogP contribution >= 0.6 is 23.1 Å². The summed E-state index contributed by atoms with van der Waals surface area (Å²) in [5, 5.41) is 0.443. The maximum Gasteiger partial charge on any atom is 0.348 e. The number of carbonyl (C=O) groups excluding carboxylic acids is 1. The number of esters is 1. The largest absolute Gasteiger partial charge is 0.497 e. The van der Waals surface area contributed by atoms with Crippen molar-refractivity contribution in [2.24, 2.45) is 0 Å². The molecule has 1 aromatic carbocycles. The second-order valence-electron chi connectivity index (χ2n) is 6.21. The topological polar surface area (TPSA) is 81.3 Å². The quantitative estimate of drug-likeness (QED) is 0.570. The van der Waals surface area contributed by atoms with Crippen LogP contribution in [-0.4, -0.2) is 29.7 Å². The molecule has 0 aliphatic carbocycles. The maximum absolute atomic E-state index is 12.6. The van der Waals surface area contributed by atoms with Gasteiger partial charge in [0.15, 0.2) is 0 Å². The number of hydrogen-bond acceptors (Lipinski definition) is 7. The van der Waals surface area contributed by atoms with Crippen molar-refractivity contribution in [1.29, 1.82) is 0 Å². The van der Waals surface area contributed by atoms with Gasteiger partial charge >= 0.3 is 5.97 Å². The SMILES string of the molecule is CCOC(=O)c1sc2nc([C@H](C)SCc3cccc(OC)c3)[nH]c(=O)c2c1C. The fourth-order valence-corrected chi connectivity index (χ4v) is 4.78. The van der Waals surface area contributed by atoms with Crippen LogP contribution < -0.4 is 10.3 Å². The summed E-state index contributed by atoms with van der Waals surface area (Å²) in [6, 6.07) is 7.89. The molecule has 0 spiro atoms. The molecule has 0 saturated carbocycles. The Kier molecular flexibility index (Phi) is 6.41. The van der Waals surface area contributed by atoms with Crippen molar-refractivity contribution >= 4 is 39.3 Å². The minimum atomic E-state index is -0.413. The zero-order chi connectivity index (χ0) is 20.3. The summed E-state index contributed by atoms with van der Waals surface area (Å²) in [5.41, 5.74) is 1.53. The number of ether oxygens (including phenoxy) is 2. The molecule has 0 bridgehead atoms. The van der Waals surface area contributed by atoms with Crippen LogP contribution in [0.25, 0.3) is 10.2 Å². The van der Waals surface area contributed by atoms with Crippen molar-refractivity contribution in [3.8, 4) is 5.75 Å². The molecule has 3 aromatic rings. The highest BCUT2D eigenvalue weighted by Gasteiger charge is 2.21.